The summed E-state index contributed by atoms with van der Waals surface area (Å²) < 4.78 is 0. The Labute approximate surface area is 281 Å². The minimum atomic E-state index is -0.865. The Kier molecular flexibility index (Phi) is 35.9. The Morgan fingerprint density at radius 2 is 0.867 bits per heavy atom. The summed E-state index contributed by atoms with van der Waals surface area (Å²) in [5.74, 6) is -0.0774. The van der Waals surface area contributed by atoms with E-state index in [4.69, 9.17) is 0 Å². The molecular weight excluding hydrogens is 554 g/mol. The third-order valence-electron chi connectivity index (χ3n) is 8.85. The first-order valence-corrected chi connectivity index (χ1v) is 19.7. The summed E-state index contributed by atoms with van der Waals surface area (Å²) in [6.45, 7) is 4.28. The van der Waals surface area contributed by atoms with Crippen molar-refractivity contribution in [1.29, 1.82) is 0 Å². The van der Waals surface area contributed by atoms with Gasteiger partial charge in [-0.1, -0.05) is 185 Å². The van der Waals surface area contributed by atoms with Crippen LogP contribution in [-0.2, 0) is 4.79 Å². The summed E-state index contributed by atoms with van der Waals surface area (Å²) in [6, 6.07) is -0.641. The van der Waals surface area contributed by atoms with Crippen molar-refractivity contribution in [3.8, 4) is 0 Å². The zero-order chi connectivity index (χ0) is 32.9. The van der Waals surface area contributed by atoms with Gasteiger partial charge in [0.2, 0.25) is 5.91 Å². The highest BCUT2D eigenvalue weighted by Gasteiger charge is 2.17. The summed E-state index contributed by atoms with van der Waals surface area (Å²) >= 11 is 0. The summed E-state index contributed by atoms with van der Waals surface area (Å²) in [4.78, 5) is 12.3. The van der Waals surface area contributed by atoms with Crippen molar-refractivity contribution in [3.05, 3.63) is 36.5 Å². The monoisotopic (exact) mass is 632 g/mol. The first-order valence-electron chi connectivity index (χ1n) is 19.7. The number of hydrogen-bond donors (Lipinski definition) is 3. The van der Waals surface area contributed by atoms with E-state index in [1.165, 1.54) is 141 Å². The molecule has 45 heavy (non-hydrogen) atoms. The van der Waals surface area contributed by atoms with Crippen molar-refractivity contribution in [3.63, 3.8) is 0 Å². The number of hydrogen-bond acceptors (Lipinski definition) is 3. The van der Waals surface area contributed by atoms with E-state index in [9.17, 15) is 15.0 Å². The fourth-order valence-corrected chi connectivity index (χ4v) is 5.80. The Morgan fingerprint density at radius 3 is 1.29 bits per heavy atom. The molecule has 0 aromatic carbocycles. The average molecular weight is 632 g/mol. The molecule has 0 aliphatic carbocycles. The molecule has 0 saturated carbocycles. The van der Waals surface area contributed by atoms with Gasteiger partial charge in [0, 0.05) is 6.42 Å². The van der Waals surface area contributed by atoms with Crippen LogP contribution in [0.2, 0.25) is 0 Å². The summed E-state index contributed by atoms with van der Waals surface area (Å²) in [7, 11) is 0. The molecule has 2 unspecified atom stereocenters. The molecule has 2 atom stereocenters. The van der Waals surface area contributed by atoms with Crippen LogP contribution in [0.4, 0.5) is 0 Å². The van der Waals surface area contributed by atoms with Gasteiger partial charge in [-0.3, -0.25) is 4.79 Å². The molecule has 4 nitrogen and oxygen atoms in total. The molecule has 0 aliphatic heterocycles. The number of carbonyl (C=O) groups excluding carboxylic acids is 1. The number of rotatable bonds is 35. The fourth-order valence-electron chi connectivity index (χ4n) is 5.80. The smallest absolute Gasteiger partial charge is 0.220 e. The highest BCUT2D eigenvalue weighted by atomic mass is 16.3. The van der Waals surface area contributed by atoms with Crippen molar-refractivity contribution in [2.75, 3.05) is 6.61 Å². The lowest BCUT2D eigenvalue weighted by Gasteiger charge is -2.19. The van der Waals surface area contributed by atoms with E-state index in [0.29, 0.717) is 6.42 Å². The molecule has 3 N–H and O–H groups in total. The van der Waals surface area contributed by atoms with Gasteiger partial charge in [0.25, 0.3) is 0 Å². The molecular formula is C41H77NO3. The van der Waals surface area contributed by atoms with Crippen molar-refractivity contribution in [2.45, 2.75) is 212 Å². The van der Waals surface area contributed by atoms with Crippen LogP contribution in [0.3, 0.4) is 0 Å². The number of allylic oxidation sites excluding steroid dienone is 5. The normalized spacial score (nSPS) is 13.4. The van der Waals surface area contributed by atoms with Crippen LogP contribution in [0, 0.1) is 0 Å². The van der Waals surface area contributed by atoms with Gasteiger partial charge in [0.15, 0.2) is 0 Å². The Morgan fingerprint density at radius 1 is 0.511 bits per heavy atom. The Balaban J connectivity index is 3.66. The standard InChI is InChI=1S/C41H77NO3/c1-3-5-7-9-11-13-15-17-19-21-23-25-27-29-31-33-35-37-41(45)42-39(38-43)40(44)36-34-32-30-28-26-24-22-20-18-16-14-12-10-8-6-4-2/h18,20,26,28,34,36,39-40,43-44H,3-17,19,21-25,27,29-33,35,37-38H2,1-2H3,(H,42,45)/b20-18+,28-26+,36-34+. The second-order valence-corrected chi connectivity index (χ2v) is 13.3. The molecule has 264 valence electrons. The average Bonchev–Trinajstić information content (AvgIpc) is 3.04. The quantitative estimate of drug-likeness (QED) is 0.0481. The highest BCUT2D eigenvalue weighted by Crippen LogP contribution is 2.14. The predicted octanol–water partition coefficient (Wildman–Crippen LogP) is 11.8. The molecule has 0 saturated heterocycles. The van der Waals surface area contributed by atoms with Gasteiger partial charge in [-0.25, -0.2) is 0 Å². The maximum Gasteiger partial charge on any atom is 0.220 e. The van der Waals surface area contributed by atoms with Gasteiger partial charge >= 0.3 is 0 Å². The molecule has 0 aromatic heterocycles. The van der Waals surface area contributed by atoms with Gasteiger partial charge < -0.3 is 15.5 Å². The highest BCUT2D eigenvalue weighted by molar-refractivity contribution is 5.76. The number of unbranched alkanes of at least 4 members (excludes halogenated alkanes) is 24. The van der Waals surface area contributed by atoms with Crippen molar-refractivity contribution in [2.24, 2.45) is 0 Å². The topological polar surface area (TPSA) is 69.6 Å². The summed E-state index contributed by atoms with van der Waals surface area (Å²) in [5.41, 5.74) is 0. The Hall–Kier alpha value is -1.39. The Bertz CT molecular complexity index is 686. The number of carbonyl (C=O) groups is 1. The van der Waals surface area contributed by atoms with Crippen LogP contribution >= 0.6 is 0 Å². The summed E-state index contributed by atoms with van der Waals surface area (Å²) in [6.07, 6.45) is 48.0. The minimum absolute atomic E-state index is 0.0774. The first kappa shape index (κ1) is 43.6. The molecule has 1 amide bonds. The largest absolute Gasteiger partial charge is 0.394 e. The van der Waals surface area contributed by atoms with Gasteiger partial charge in [-0.05, 0) is 44.9 Å². The fraction of sp³-hybridized carbons (Fsp3) is 0.829. The summed E-state index contributed by atoms with van der Waals surface area (Å²) in [5, 5.41) is 22.9. The van der Waals surface area contributed by atoms with E-state index < -0.39 is 12.1 Å². The number of aliphatic hydroxyl groups is 2. The van der Waals surface area contributed by atoms with E-state index in [1.807, 2.05) is 6.08 Å². The number of nitrogens with one attached hydrogen (secondary N) is 1. The van der Waals surface area contributed by atoms with Crippen LogP contribution in [0.25, 0.3) is 0 Å². The third-order valence-corrected chi connectivity index (χ3v) is 8.85. The van der Waals surface area contributed by atoms with E-state index in [0.717, 1.165) is 38.5 Å². The predicted molar refractivity (Wildman–Crippen MR) is 198 cm³/mol. The van der Waals surface area contributed by atoms with Crippen LogP contribution in [-0.4, -0.2) is 34.9 Å². The molecule has 0 fully saturated rings. The SMILES string of the molecule is CCCCCCCC/C=C/CC/C=C/CC/C=C/C(O)C(CO)NC(=O)CCCCCCCCCCCCCCCCCCC. The molecule has 0 radical (unpaired) electrons. The zero-order valence-electron chi connectivity index (χ0n) is 30.1. The minimum Gasteiger partial charge on any atom is -0.394 e. The van der Waals surface area contributed by atoms with Crippen molar-refractivity contribution < 1.29 is 15.0 Å². The van der Waals surface area contributed by atoms with Gasteiger partial charge in [0.05, 0.1) is 18.8 Å². The molecule has 0 spiro atoms. The van der Waals surface area contributed by atoms with E-state index in [1.54, 1.807) is 6.08 Å². The van der Waals surface area contributed by atoms with Crippen LogP contribution in [0.15, 0.2) is 36.5 Å². The number of amides is 1. The lowest BCUT2D eigenvalue weighted by molar-refractivity contribution is -0.123. The van der Waals surface area contributed by atoms with Crippen LogP contribution in [0.1, 0.15) is 200 Å². The van der Waals surface area contributed by atoms with Gasteiger partial charge in [-0.2, -0.15) is 0 Å². The van der Waals surface area contributed by atoms with Gasteiger partial charge in [-0.15, -0.1) is 0 Å². The lowest BCUT2D eigenvalue weighted by atomic mass is 10.0. The molecule has 0 aliphatic rings. The molecule has 4 heteroatoms. The molecule has 0 heterocycles. The van der Waals surface area contributed by atoms with E-state index in [-0.39, 0.29) is 12.5 Å². The van der Waals surface area contributed by atoms with Gasteiger partial charge in [0.1, 0.15) is 0 Å². The second kappa shape index (κ2) is 37.1. The van der Waals surface area contributed by atoms with Crippen molar-refractivity contribution in [1.82, 2.24) is 5.32 Å². The van der Waals surface area contributed by atoms with E-state index >= 15 is 0 Å². The first-order chi connectivity index (χ1) is 22.2. The van der Waals surface area contributed by atoms with E-state index in [2.05, 4.69) is 43.5 Å². The second-order valence-electron chi connectivity index (χ2n) is 13.3. The van der Waals surface area contributed by atoms with Crippen LogP contribution in [0.5, 0.6) is 0 Å². The van der Waals surface area contributed by atoms with Crippen LogP contribution < -0.4 is 5.32 Å². The molecule has 0 aromatic rings. The van der Waals surface area contributed by atoms with Crippen molar-refractivity contribution >= 4 is 5.91 Å². The lowest BCUT2D eigenvalue weighted by Crippen LogP contribution is -2.45. The maximum atomic E-state index is 12.3. The maximum absolute atomic E-state index is 12.3. The zero-order valence-corrected chi connectivity index (χ0v) is 30.1. The molecule has 0 rings (SSSR count). The number of aliphatic hydroxyl groups excluding tert-OH is 2. The molecule has 0 bridgehead atoms. The third kappa shape index (κ3) is 33.8.